The quantitative estimate of drug-likeness (QED) is 0.505. The Balaban J connectivity index is 1.77. The van der Waals surface area contributed by atoms with Gasteiger partial charge >= 0.3 is 0 Å². The number of H-pyrrole nitrogens is 1. The number of nitrogens with zero attached hydrogens (tertiary/aromatic N) is 4. The maximum atomic E-state index is 12.6. The Morgan fingerprint density at radius 2 is 1.92 bits per heavy atom. The van der Waals surface area contributed by atoms with Gasteiger partial charge in [0.15, 0.2) is 11.6 Å². The van der Waals surface area contributed by atoms with Crippen molar-refractivity contribution in [3.8, 4) is 11.4 Å². The lowest BCUT2D eigenvalue weighted by molar-refractivity contribution is 0.101. The number of aromatic nitrogens is 5. The highest BCUT2D eigenvalue weighted by Crippen LogP contribution is 2.23. The zero-order valence-electron chi connectivity index (χ0n) is 14.5. The number of rotatable bonds is 6. The van der Waals surface area contributed by atoms with E-state index in [9.17, 15) is 14.7 Å². The number of aromatic amines is 1. The number of aryl methyl sites for hydroxylation is 1. The summed E-state index contributed by atoms with van der Waals surface area (Å²) < 4.78 is 1.49. The van der Waals surface area contributed by atoms with E-state index >= 15 is 0 Å². The molecule has 0 spiro atoms. The summed E-state index contributed by atoms with van der Waals surface area (Å²) in [6, 6.07) is 6.42. The van der Waals surface area contributed by atoms with E-state index in [1.165, 1.54) is 35.5 Å². The Morgan fingerprint density at radius 3 is 2.54 bits per heavy atom. The van der Waals surface area contributed by atoms with Gasteiger partial charge in [-0.15, -0.1) is 5.10 Å². The summed E-state index contributed by atoms with van der Waals surface area (Å²) in [5, 5.41) is 21.3. The number of phenols is 1. The van der Waals surface area contributed by atoms with Crippen molar-refractivity contribution in [1.82, 2.24) is 25.2 Å². The molecule has 0 radical (unpaired) electrons. The van der Waals surface area contributed by atoms with Crippen LogP contribution in [-0.4, -0.2) is 47.6 Å². The van der Waals surface area contributed by atoms with Crippen LogP contribution in [0, 0.1) is 13.8 Å². The summed E-state index contributed by atoms with van der Waals surface area (Å²) in [5.41, 5.74) is 3.03. The number of tetrazole rings is 1. The van der Waals surface area contributed by atoms with E-state index in [1.807, 2.05) is 0 Å². The highest BCUT2D eigenvalue weighted by molar-refractivity contribution is 7.99. The second-order valence-corrected chi connectivity index (χ2v) is 6.73. The zero-order valence-corrected chi connectivity index (χ0v) is 15.3. The number of carbonyl (C=O) groups excluding carboxylic acids is 2. The lowest BCUT2D eigenvalue weighted by atomic mass is 10.1. The fourth-order valence-electron chi connectivity index (χ4n) is 2.78. The molecular formula is C17H17N5O3S. The number of hydrogen-bond donors (Lipinski definition) is 2. The fraction of sp³-hybridized carbons (Fsp3) is 0.235. The van der Waals surface area contributed by atoms with Crippen LogP contribution in [0.1, 0.15) is 39.0 Å². The molecular weight excluding hydrogens is 354 g/mol. The number of benzene rings is 1. The molecule has 2 heterocycles. The van der Waals surface area contributed by atoms with Crippen LogP contribution in [0.2, 0.25) is 0 Å². The fourth-order valence-corrected chi connectivity index (χ4v) is 3.55. The second-order valence-electron chi connectivity index (χ2n) is 5.78. The van der Waals surface area contributed by atoms with Crippen LogP contribution in [0.3, 0.4) is 0 Å². The van der Waals surface area contributed by atoms with Crippen molar-refractivity contribution in [3.05, 3.63) is 46.8 Å². The van der Waals surface area contributed by atoms with E-state index in [0.29, 0.717) is 33.4 Å². The number of hydrogen-bond acceptors (Lipinski definition) is 7. The minimum absolute atomic E-state index is 0.0702. The van der Waals surface area contributed by atoms with Crippen LogP contribution in [-0.2, 0) is 0 Å². The third kappa shape index (κ3) is 3.38. The standard InChI is InChI=1S/C17H17N5O3S/c1-9-15(11(3)23)10(2)18-16(9)14(25)8-26-17-19-20-21-22(17)12-4-6-13(24)7-5-12/h4-7,18,24H,8H2,1-3H3. The Hall–Kier alpha value is -2.94. The van der Waals surface area contributed by atoms with Crippen molar-refractivity contribution < 1.29 is 14.7 Å². The molecule has 0 unspecified atom stereocenters. The normalized spacial score (nSPS) is 10.9. The molecule has 0 aliphatic heterocycles. The molecule has 2 N–H and O–H groups in total. The summed E-state index contributed by atoms with van der Waals surface area (Å²) in [6.45, 7) is 5.02. The molecule has 0 bridgehead atoms. The van der Waals surface area contributed by atoms with Crippen molar-refractivity contribution in [2.75, 3.05) is 5.75 Å². The third-order valence-corrected chi connectivity index (χ3v) is 4.86. The van der Waals surface area contributed by atoms with Crippen LogP contribution < -0.4 is 0 Å². The van der Waals surface area contributed by atoms with Crippen LogP contribution in [0.5, 0.6) is 5.75 Å². The first-order valence-corrected chi connectivity index (χ1v) is 8.81. The van der Waals surface area contributed by atoms with E-state index < -0.39 is 0 Å². The van der Waals surface area contributed by atoms with Gasteiger partial charge in [0.05, 0.1) is 17.1 Å². The Labute approximate surface area is 153 Å². The van der Waals surface area contributed by atoms with Gasteiger partial charge in [-0.05, 0) is 61.0 Å². The van der Waals surface area contributed by atoms with E-state index in [1.54, 1.807) is 26.0 Å². The molecule has 2 aromatic heterocycles. The first kappa shape index (κ1) is 17.9. The predicted octanol–water partition coefficient (Wildman–Crippen LogP) is 2.49. The van der Waals surface area contributed by atoms with Crippen molar-refractivity contribution >= 4 is 23.3 Å². The van der Waals surface area contributed by atoms with E-state index in [-0.39, 0.29) is 23.1 Å². The van der Waals surface area contributed by atoms with Crippen LogP contribution in [0.15, 0.2) is 29.4 Å². The molecule has 0 aliphatic rings. The molecule has 8 nitrogen and oxygen atoms in total. The van der Waals surface area contributed by atoms with Gasteiger partial charge in [-0.1, -0.05) is 11.8 Å². The molecule has 0 fully saturated rings. The maximum Gasteiger partial charge on any atom is 0.214 e. The predicted molar refractivity (Wildman–Crippen MR) is 96.1 cm³/mol. The summed E-state index contributed by atoms with van der Waals surface area (Å²) in [7, 11) is 0. The largest absolute Gasteiger partial charge is 0.508 e. The summed E-state index contributed by atoms with van der Waals surface area (Å²) in [4.78, 5) is 27.3. The van der Waals surface area contributed by atoms with Gasteiger partial charge in [-0.25, -0.2) is 0 Å². The smallest absolute Gasteiger partial charge is 0.214 e. The molecule has 3 rings (SSSR count). The van der Waals surface area contributed by atoms with Crippen molar-refractivity contribution in [2.45, 2.75) is 25.9 Å². The lowest BCUT2D eigenvalue weighted by Crippen LogP contribution is -2.07. The summed E-state index contributed by atoms with van der Waals surface area (Å²) >= 11 is 1.20. The van der Waals surface area contributed by atoms with Crippen molar-refractivity contribution in [2.24, 2.45) is 0 Å². The number of ketones is 2. The number of Topliss-reactive ketones (excluding diaryl/α,β-unsaturated/α-hetero) is 2. The number of nitrogens with one attached hydrogen (secondary N) is 1. The van der Waals surface area contributed by atoms with Crippen LogP contribution >= 0.6 is 11.8 Å². The third-order valence-electron chi connectivity index (χ3n) is 3.94. The number of aromatic hydroxyl groups is 1. The molecule has 0 atom stereocenters. The highest BCUT2D eigenvalue weighted by Gasteiger charge is 2.20. The Bertz CT molecular complexity index is 975. The molecule has 0 saturated heterocycles. The summed E-state index contributed by atoms with van der Waals surface area (Å²) in [6.07, 6.45) is 0. The number of thioether (sulfide) groups is 1. The first-order valence-electron chi connectivity index (χ1n) is 7.82. The van der Waals surface area contributed by atoms with Gasteiger partial charge in [-0.3, -0.25) is 9.59 Å². The first-order chi connectivity index (χ1) is 12.4. The molecule has 0 saturated carbocycles. The van der Waals surface area contributed by atoms with Gasteiger partial charge in [-0.2, -0.15) is 4.68 Å². The van der Waals surface area contributed by atoms with E-state index in [0.717, 1.165) is 0 Å². The van der Waals surface area contributed by atoms with Gasteiger partial charge < -0.3 is 10.1 Å². The minimum Gasteiger partial charge on any atom is -0.508 e. The van der Waals surface area contributed by atoms with Crippen molar-refractivity contribution in [1.29, 1.82) is 0 Å². The summed E-state index contributed by atoms with van der Waals surface area (Å²) in [5.74, 6) is 0.0593. The van der Waals surface area contributed by atoms with E-state index in [2.05, 4.69) is 20.5 Å². The van der Waals surface area contributed by atoms with Gasteiger partial charge in [0.25, 0.3) is 0 Å². The molecule has 3 aromatic rings. The average molecular weight is 371 g/mol. The number of phenolic OH excluding ortho intramolecular Hbond substituents is 1. The van der Waals surface area contributed by atoms with Crippen LogP contribution in [0.25, 0.3) is 5.69 Å². The van der Waals surface area contributed by atoms with E-state index in [4.69, 9.17) is 0 Å². The second kappa shape index (κ2) is 7.12. The average Bonchev–Trinajstić information content (AvgIpc) is 3.17. The zero-order chi connectivity index (χ0) is 18.8. The molecule has 9 heteroatoms. The molecule has 134 valence electrons. The van der Waals surface area contributed by atoms with Crippen LogP contribution in [0.4, 0.5) is 0 Å². The number of carbonyl (C=O) groups is 2. The van der Waals surface area contributed by atoms with Gasteiger partial charge in [0.2, 0.25) is 5.16 Å². The topological polar surface area (TPSA) is 114 Å². The maximum absolute atomic E-state index is 12.6. The molecule has 0 aliphatic carbocycles. The van der Waals surface area contributed by atoms with Crippen molar-refractivity contribution in [3.63, 3.8) is 0 Å². The Kier molecular flexibility index (Phi) is 4.90. The molecule has 26 heavy (non-hydrogen) atoms. The van der Waals surface area contributed by atoms with Gasteiger partial charge in [0, 0.05) is 11.3 Å². The SMILES string of the molecule is CC(=O)c1c(C)[nH]c(C(=O)CSc2nnnn2-c2ccc(O)cc2)c1C. The minimum atomic E-state index is -0.136. The molecule has 1 aromatic carbocycles. The monoisotopic (exact) mass is 371 g/mol. The highest BCUT2D eigenvalue weighted by atomic mass is 32.2. The lowest BCUT2D eigenvalue weighted by Gasteiger charge is -2.04. The van der Waals surface area contributed by atoms with Gasteiger partial charge in [0.1, 0.15) is 5.75 Å². The Morgan fingerprint density at radius 1 is 1.23 bits per heavy atom. The molecule has 0 amide bonds.